The zero-order valence-corrected chi connectivity index (χ0v) is 10.2. The number of hydrogen-bond donors (Lipinski definition) is 0. The molecule has 0 heterocycles. The quantitative estimate of drug-likeness (QED) is 0.536. The van der Waals surface area contributed by atoms with Gasteiger partial charge in [-0.05, 0) is 27.7 Å². The van der Waals surface area contributed by atoms with E-state index in [-0.39, 0.29) is 11.5 Å². The lowest BCUT2D eigenvalue weighted by molar-refractivity contribution is 0.237. The summed E-state index contributed by atoms with van der Waals surface area (Å²) in [6, 6.07) is 0. The minimum absolute atomic E-state index is 0.0508. The molecule has 82 valence electrons. The first-order chi connectivity index (χ1) is 6.10. The molecule has 0 bridgehead atoms. The van der Waals surface area contributed by atoms with Crippen molar-refractivity contribution in [1.29, 1.82) is 0 Å². The Morgan fingerprint density at radius 2 is 1.86 bits per heavy atom. The number of rotatable bonds is 3. The summed E-state index contributed by atoms with van der Waals surface area (Å²) in [5.41, 5.74) is -0.0508. The Bertz CT molecular complexity index is 325. The van der Waals surface area contributed by atoms with E-state index in [1.807, 2.05) is 20.8 Å². The van der Waals surface area contributed by atoms with Gasteiger partial charge in [0.05, 0.1) is 12.4 Å². The van der Waals surface area contributed by atoms with Crippen LogP contribution in [0.5, 0.6) is 0 Å². The summed E-state index contributed by atoms with van der Waals surface area (Å²) in [5.74, 6) is 5.92. The van der Waals surface area contributed by atoms with E-state index in [2.05, 4.69) is 11.8 Å². The molecule has 0 aromatic heterocycles. The van der Waals surface area contributed by atoms with Gasteiger partial charge in [-0.3, -0.25) is 4.18 Å². The van der Waals surface area contributed by atoms with Gasteiger partial charge in [-0.1, -0.05) is 5.92 Å². The Balaban J connectivity index is 4.09. The lowest BCUT2D eigenvalue weighted by Crippen LogP contribution is -2.13. The third-order valence-electron chi connectivity index (χ3n) is 1.19. The molecule has 1 atom stereocenters. The Morgan fingerprint density at radius 3 is 2.21 bits per heavy atom. The van der Waals surface area contributed by atoms with Crippen LogP contribution in [-0.4, -0.2) is 20.8 Å². The van der Waals surface area contributed by atoms with Gasteiger partial charge in [-0.25, -0.2) is 0 Å². The van der Waals surface area contributed by atoms with Crippen molar-refractivity contribution in [2.24, 2.45) is 5.41 Å². The lowest BCUT2D eigenvalue weighted by Gasteiger charge is -2.09. The predicted molar refractivity (Wildman–Crippen MR) is 57.2 cm³/mol. The summed E-state index contributed by atoms with van der Waals surface area (Å²) in [4.78, 5) is 0. The first-order valence-electron chi connectivity index (χ1n) is 4.48. The van der Waals surface area contributed by atoms with Crippen LogP contribution in [0.4, 0.5) is 0 Å². The molecular weight excluding hydrogens is 200 g/mol. The Kier molecular flexibility index (Phi) is 4.63. The maximum atomic E-state index is 10.7. The molecule has 4 heteroatoms. The second-order valence-electron chi connectivity index (χ2n) is 4.37. The maximum Gasteiger partial charge on any atom is 0.264 e. The van der Waals surface area contributed by atoms with Crippen LogP contribution in [0.15, 0.2) is 0 Å². The van der Waals surface area contributed by atoms with E-state index >= 15 is 0 Å². The molecule has 0 spiro atoms. The highest BCUT2D eigenvalue weighted by Gasteiger charge is 2.09. The molecule has 0 aliphatic heterocycles. The zero-order chi connectivity index (χ0) is 11.4. The van der Waals surface area contributed by atoms with Crippen molar-refractivity contribution in [3.63, 3.8) is 0 Å². The molecule has 0 radical (unpaired) electrons. The molecule has 0 aromatic carbocycles. The molecule has 0 amide bonds. The first kappa shape index (κ1) is 13.5. The van der Waals surface area contributed by atoms with Crippen LogP contribution in [0.1, 0.15) is 34.1 Å². The van der Waals surface area contributed by atoms with E-state index in [4.69, 9.17) is 4.18 Å². The van der Waals surface area contributed by atoms with Gasteiger partial charge in [-0.15, -0.1) is 5.92 Å². The Morgan fingerprint density at radius 1 is 1.36 bits per heavy atom. The maximum absolute atomic E-state index is 10.7. The predicted octanol–water partition coefficient (Wildman–Crippen LogP) is 1.79. The van der Waals surface area contributed by atoms with E-state index in [0.29, 0.717) is 6.42 Å². The summed E-state index contributed by atoms with van der Waals surface area (Å²) < 4.78 is 26.2. The summed E-state index contributed by atoms with van der Waals surface area (Å²) in [6.07, 6.45) is 1.10. The van der Waals surface area contributed by atoms with Crippen molar-refractivity contribution >= 4 is 10.1 Å². The molecule has 3 nitrogen and oxygen atoms in total. The molecule has 0 N–H and O–H groups in total. The molecular formula is C10H18O3S. The van der Waals surface area contributed by atoms with Crippen LogP contribution >= 0.6 is 0 Å². The summed E-state index contributed by atoms with van der Waals surface area (Å²) in [5, 5.41) is 0. The van der Waals surface area contributed by atoms with Crippen molar-refractivity contribution in [1.82, 2.24) is 0 Å². The average molecular weight is 218 g/mol. The Labute approximate surface area is 87.0 Å². The van der Waals surface area contributed by atoms with Crippen molar-refractivity contribution in [3.8, 4) is 11.8 Å². The first-order valence-corrected chi connectivity index (χ1v) is 6.30. The van der Waals surface area contributed by atoms with Gasteiger partial charge < -0.3 is 0 Å². The van der Waals surface area contributed by atoms with E-state index in [1.54, 1.807) is 6.92 Å². The van der Waals surface area contributed by atoms with Gasteiger partial charge in [0.25, 0.3) is 10.1 Å². The normalized spacial score (nSPS) is 14.4. The largest absolute Gasteiger partial charge is 0.266 e. The van der Waals surface area contributed by atoms with Crippen LogP contribution in [0, 0.1) is 17.3 Å². The summed E-state index contributed by atoms with van der Waals surface area (Å²) >= 11 is 0. The van der Waals surface area contributed by atoms with Gasteiger partial charge in [0.1, 0.15) is 0 Å². The van der Waals surface area contributed by atoms with Crippen LogP contribution in [0.25, 0.3) is 0 Å². The molecule has 0 saturated heterocycles. The van der Waals surface area contributed by atoms with Gasteiger partial charge >= 0.3 is 0 Å². The van der Waals surface area contributed by atoms with E-state index in [1.165, 1.54) is 0 Å². The van der Waals surface area contributed by atoms with E-state index in [9.17, 15) is 8.42 Å². The van der Waals surface area contributed by atoms with Gasteiger partial charge in [0, 0.05) is 11.8 Å². The van der Waals surface area contributed by atoms with Crippen LogP contribution in [0.2, 0.25) is 0 Å². The molecule has 1 unspecified atom stereocenters. The smallest absolute Gasteiger partial charge is 0.264 e. The van der Waals surface area contributed by atoms with Crippen LogP contribution in [0.3, 0.4) is 0 Å². The second kappa shape index (κ2) is 4.81. The fourth-order valence-corrected chi connectivity index (χ4v) is 1.46. The highest BCUT2D eigenvalue weighted by Crippen LogP contribution is 2.10. The molecule has 14 heavy (non-hydrogen) atoms. The van der Waals surface area contributed by atoms with Crippen LogP contribution < -0.4 is 0 Å². The molecule has 0 aliphatic carbocycles. The molecule has 0 aromatic rings. The monoisotopic (exact) mass is 218 g/mol. The summed E-state index contributed by atoms with van der Waals surface area (Å²) in [6.45, 7) is 7.70. The van der Waals surface area contributed by atoms with E-state index < -0.39 is 10.1 Å². The van der Waals surface area contributed by atoms with Crippen LogP contribution in [-0.2, 0) is 14.3 Å². The summed E-state index contributed by atoms with van der Waals surface area (Å²) in [7, 11) is -3.36. The van der Waals surface area contributed by atoms with Crippen molar-refractivity contribution in [2.45, 2.75) is 40.2 Å². The Hall–Kier alpha value is -0.530. The van der Waals surface area contributed by atoms with E-state index in [0.717, 1.165) is 6.26 Å². The van der Waals surface area contributed by atoms with Crippen molar-refractivity contribution < 1.29 is 12.6 Å². The SMILES string of the molecule is CC(CC#CC(C)(C)C)OS(C)(=O)=O. The minimum atomic E-state index is -3.36. The standard InChI is InChI=1S/C10H18O3S/c1-9(13-14(5,11)12)7-6-8-10(2,3)4/h9H,7H2,1-5H3. The van der Waals surface area contributed by atoms with Gasteiger partial charge in [0.2, 0.25) is 0 Å². The van der Waals surface area contributed by atoms with Crippen molar-refractivity contribution in [3.05, 3.63) is 0 Å². The van der Waals surface area contributed by atoms with Gasteiger partial charge in [0.15, 0.2) is 0 Å². The zero-order valence-electron chi connectivity index (χ0n) is 9.42. The third-order valence-corrected chi connectivity index (χ3v) is 1.87. The average Bonchev–Trinajstić information content (AvgIpc) is 1.78. The topological polar surface area (TPSA) is 43.4 Å². The van der Waals surface area contributed by atoms with Gasteiger partial charge in [-0.2, -0.15) is 8.42 Å². The fourth-order valence-electron chi connectivity index (χ4n) is 0.792. The van der Waals surface area contributed by atoms with Crippen molar-refractivity contribution in [2.75, 3.05) is 6.26 Å². The highest BCUT2D eigenvalue weighted by molar-refractivity contribution is 7.86. The highest BCUT2D eigenvalue weighted by atomic mass is 32.2. The lowest BCUT2D eigenvalue weighted by atomic mass is 9.98. The fraction of sp³-hybridized carbons (Fsp3) is 0.800. The molecule has 0 rings (SSSR count). The third kappa shape index (κ3) is 9.56. The minimum Gasteiger partial charge on any atom is -0.266 e. The second-order valence-corrected chi connectivity index (χ2v) is 5.97. The number of hydrogen-bond acceptors (Lipinski definition) is 3. The molecule has 0 fully saturated rings. The molecule has 0 saturated carbocycles. The molecule has 0 aliphatic rings.